The van der Waals surface area contributed by atoms with Crippen LogP contribution in [0.2, 0.25) is 0 Å². The highest BCUT2D eigenvalue weighted by Crippen LogP contribution is 2.10. The van der Waals surface area contributed by atoms with Gasteiger partial charge in [-0.15, -0.1) is 0 Å². The maximum atomic E-state index is 11.1. The predicted molar refractivity (Wildman–Crippen MR) is 111 cm³/mol. The molecule has 0 fully saturated rings. The van der Waals surface area contributed by atoms with Crippen molar-refractivity contribution >= 4 is 6.29 Å². The van der Waals surface area contributed by atoms with Crippen molar-refractivity contribution in [2.75, 3.05) is 0 Å². The first kappa shape index (κ1) is 24.7. The van der Waals surface area contributed by atoms with Gasteiger partial charge < -0.3 is 5.11 Å². The van der Waals surface area contributed by atoms with Gasteiger partial charge in [0.15, 0.2) is 6.29 Å². The molecule has 0 aromatic heterocycles. The Kier molecular flexibility index (Phi) is 17.0. The predicted octanol–water partition coefficient (Wildman–Crippen LogP) is 5.02. The molecule has 0 aliphatic rings. The Morgan fingerprint density at radius 3 is 1.93 bits per heavy atom. The van der Waals surface area contributed by atoms with Crippen LogP contribution in [0.3, 0.4) is 0 Å². The second kappa shape index (κ2) is 18.5. The summed E-state index contributed by atoms with van der Waals surface area (Å²) in [5.74, 6) is 0. The van der Waals surface area contributed by atoms with E-state index in [2.05, 4.69) is 37.3 Å². The van der Waals surface area contributed by atoms with Crippen LogP contribution in [0.1, 0.15) is 58.3 Å². The van der Waals surface area contributed by atoms with E-state index < -0.39 is 17.1 Å². The Labute approximate surface area is 163 Å². The molecule has 0 bridgehead atoms. The Balaban J connectivity index is 4.10. The number of nitrogens with zero attached hydrogens (tertiary/aromatic N) is 1. The first-order valence-electron chi connectivity index (χ1n) is 9.55. The maximum Gasteiger partial charge on any atom is 0.242 e. The second-order valence-electron chi connectivity index (χ2n) is 6.05. The molecule has 0 aliphatic heterocycles. The van der Waals surface area contributed by atoms with Crippen LogP contribution in [0.4, 0.5) is 0 Å². The largest absolute Gasteiger partial charge is 0.386 e. The van der Waals surface area contributed by atoms with Gasteiger partial charge in [-0.2, -0.15) is 0 Å². The number of unbranched alkanes of at least 4 members (excludes halogenated alkanes) is 1. The van der Waals surface area contributed by atoms with Crippen molar-refractivity contribution < 1.29 is 14.8 Å². The van der Waals surface area contributed by atoms with Crippen molar-refractivity contribution in [1.29, 1.82) is 0 Å². The normalized spacial score (nSPS) is 14.9. The molecule has 2 unspecified atom stereocenters. The molecule has 0 heterocycles. The summed E-state index contributed by atoms with van der Waals surface area (Å²) in [5, 5.41) is 21.1. The van der Waals surface area contributed by atoms with Crippen LogP contribution in [-0.4, -0.2) is 28.5 Å². The molecule has 5 heteroatoms. The van der Waals surface area contributed by atoms with Crippen LogP contribution in [0.25, 0.3) is 0 Å². The Morgan fingerprint density at radius 1 is 0.889 bits per heavy atom. The Morgan fingerprint density at radius 2 is 1.41 bits per heavy atom. The molecule has 27 heavy (non-hydrogen) atoms. The van der Waals surface area contributed by atoms with Gasteiger partial charge >= 0.3 is 0 Å². The van der Waals surface area contributed by atoms with E-state index in [-0.39, 0.29) is 12.8 Å². The summed E-state index contributed by atoms with van der Waals surface area (Å²) in [5.41, 5.74) is 0. The molecule has 0 spiro atoms. The number of hydrogen-bond donors (Lipinski definition) is 1. The fourth-order valence-electron chi connectivity index (χ4n) is 2.25. The number of nitro groups is 1. The lowest BCUT2D eigenvalue weighted by Gasteiger charge is -2.12. The van der Waals surface area contributed by atoms with E-state index in [0.29, 0.717) is 19.3 Å². The zero-order valence-electron chi connectivity index (χ0n) is 16.2. The minimum absolute atomic E-state index is 0.196. The first-order valence-corrected chi connectivity index (χ1v) is 9.55. The zero-order valence-corrected chi connectivity index (χ0v) is 16.2. The van der Waals surface area contributed by atoms with Crippen molar-refractivity contribution in [1.82, 2.24) is 0 Å². The molecule has 0 amide bonds. The molecule has 5 nitrogen and oxygen atoms in total. The molecule has 0 saturated carbocycles. The van der Waals surface area contributed by atoms with Crippen LogP contribution in [0, 0.1) is 10.1 Å². The average Bonchev–Trinajstić information content (AvgIpc) is 2.65. The van der Waals surface area contributed by atoms with Gasteiger partial charge in [0.05, 0.1) is 0 Å². The van der Waals surface area contributed by atoms with E-state index in [1.54, 1.807) is 24.5 Å². The summed E-state index contributed by atoms with van der Waals surface area (Å²) in [4.78, 5) is 20.8. The number of aliphatic hydroxyl groups is 1. The topological polar surface area (TPSA) is 80.4 Å². The molecule has 0 rings (SSSR count). The van der Waals surface area contributed by atoms with E-state index in [4.69, 9.17) is 0 Å². The third-order valence-corrected chi connectivity index (χ3v) is 3.77. The third kappa shape index (κ3) is 15.7. The van der Waals surface area contributed by atoms with Crippen molar-refractivity contribution in [3.8, 4) is 0 Å². The summed E-state index contributed by atoms with van der Waals surface area (Å²) < 4.78 is 0. The number of hydrogen-bond acceptors (Lipinski definition) is 4. The average molecular weight is 375 g/mol. The molecular formula is C22H32NO4. The van der Waals surface area contributed by atoms with E-state index in [1.165, 1.54) is 0 Å². The summed E-state index contributed by atoms with van der Waals surface area (Å²) >= 11 is 0. The molecule has 1 radical (unpaired) electrons. The summed E-state index contributed by atoms with van der Waals surface area (Å²) in [6.07, 6.45) is 25.2. The summed E-state index contributed by atoms with van der Waals surface area (Å²) in [6, 6.07) is -1.02. The third-order valence-electron chi connectivity index (χ3n) is 3.77. The van der Waals surface area contributed by atoms with Crippen molar-refractivity contribution in [2.24, 2.45) is 0 Å². The highest BCUT2D eigenvalue weighted by Gasteiger charge is 2.27. The lowest BCUT2D eigenvalue weighted by atomic mass is 10.0. The molecule has 1 N–H and O–H groups in total. The van der Waals surface area contributed by atoms with E-state index in [1.807, 2.05) is 12.2 Å². The van der Waals surface area contributed by atoms with E-state index >= 15 is 0 Å². The highest BCUT2D eigenvalue weighted by atomic mass is 16.6. The van der Waals surface area contributed by atoms with Crippen molar-refractivity contribution in [3.05, 3.63) is 70.9 Å². The summed E-state index contributed by atoms with van der Waals surface area (Å²) in [7, 11) is 0. The second-order valence-corrected chi connectivity index (χ2v) is 6.05. The van der Waals surface area contributed by atoms with Crippen LogP contribution in [0.15, 0.2) is 60.8 Å². The van der Waals surface area contributed by atoms with Crippen molar-refractivity contribution in [2.45, 2.75) is 70.4 Å². The van der Waals surface area contributed by atoms with Gasteiger partial charge in [0.2, 0.25) is 6.04 Å². The SMILES string of the molecule is CC/C=C\C/C=C\C/C=C\C/C=C\CC(C(O)C/C=C\CC[C]=O)[N+](=O)[O-]. The zero-order chi connectivity index (χ0) is 20.2. The molecule has 149 valence electrons. The van der Waals surface area contributed by atoms with Crippen LogP contribution in [0.5, 0.6) is 0 Å². The number of aliphatic hydroxyl groups excluding tert-OH is 1. The van der Waals surface area contributed by atoms with Gasteiger partial charge in [-0.3, -0.25) is 14.9 Å². The lowest BCUT2D eigenvalue weighted by molar-refractivity contribution is -0.533. The minimum Gasteiger partial charge on any atom is -0.386 e. The number of rotatable bonds is 16. The van der Waals surface area contributed by atoms with Gasteiger partial charge in [-0.25, -0.2) is 0 Å². The van der Waals surface area contributed by atoms with Gasteiger partial charge in [0.25, 0.3) is 0 Å². The van der Waals surface area contributed by atoms with Crippen LogP contribution < -0.4 is 0 Å². The monoisotopic (exact) mass is 374 g/mol. The molecule has 0 aliphatic carbocycles. The summed E-state index contributed by atoms with van der Waals surface area (Å²) in [6.45, 7) is 2.11. The van der Waals surface area contributed by atoms with Crippen LogP contribution >= 0.6 is 0 Å². The molecule has 0 aromatic rings. The first-order chi connectivity index (χ1) is 13.1. The van der Waals surface area contributed by atoms with E-state index in [0.717, 1.165) is 19.3 Å². The Bertz CT molecular complexity index is 532. The maximum absolute atomic E-state index is 11.1. The Hall–Kier alpha value is -2.27. The standard InChI is InChI=1S/C22H32NO4/c1-2-3-4-5-6-7-8-9-10-11-12-15-18-21(23(26)27)22(25)19-16-13-14-17-20-24/h3-4,6-7,9-10,12-13,15-16,21-22,25H,2,5,8,11,14,17-19H2,1H3/b4-3-,7-6-,10-9-,15-12-,16-13-. The van der Waals surface area contributed by atoms with Gasteiger partial charge in [-0.1, -0.05) is 67.7 Å². The number of allylic oxidation sites excluding steroid dienone is 8. The minimum atomic E-state index is -1.04. The molecule has 0 aromatic carbocycles. The van der Waals surface area contributed by atoms with Gasteiger partial charge in [-0.05, 0) is 38.5 Å². The van der Waals surface area contributed by atoms with E-state index in [9.17, 15) is 20.0 Å². The molecular weight excluding hydrogens is 342 g/mol. The van der Waals surface area contributed by atoms with Crippen LogP contribution in [-0.2, 0) is 4.79 Å². The smallest absolute Gasteiger partial charge is 0.242 e. The van der Waals surface area contributed by atoms with Gasteiger partial charge in [0, 0.05) is 17.8 Å². The molecule has 0 saturated heterocycles. The molecule has 2 atom stereocenters. The van der Waals surface area contributed by atoms with Gasteiger partial charge in [0.1, 0.15) is 6.10 Å². The highest BCUT2D eigenvalue weighted by molar-refractivity contribution is 5.50. The fraction of sp³-hybridized carbons (Fsp3) is 0.500. The quantitative estimate of drug-likeness (QED) is 0.178. The fourth-order valence-corrected chi connectivity index (χ4v) is 2.25. The number of carbonyl (C=O) groups excluding carboxylic acids is 1. The lowest BCUT2D eigenvalue weighted by Crippen LogP contribution is -2.32. The van der Waals surface area contributed by atoms with Crippen molar-refractivity contribution in [3.63, 3.8) is 0 Å².